The molecule has 0 spiro atoms. The molecule has 192 valence electrons. The second-order valence-corrected chi connectivity index (χ2v) is 10.8. The molecule has 6 rings (SSSR count). The number of hydrogen-bond donors (Lipinski definition) is 0. The van der Waals surface area contributed by atoms with Gasteiger partial charge in [0.15, 0.2) is 0 Å². The first-order chi connectivity index (χ1) is 17.9. The van der Waals surface area contributed by atoms with Gasteiger partial charge in [0.2, 0.25) is 0 Å². The van der Waals surface area contributed by atoms with Crippen molar-refractivity contribution in [2.45, 2.75) is 64.6 Å². The smallest absolute Gasteiger partial charge is 0.411 e. The molecule has 37 heavy (non-hydrogen) atoms. The van der Waals surface area contributed by atoms with Gasteiger partial charge in [0, 0.05) is 24.2 Å². The molecular weight excluding hydrogens is 462 g/mol. The Morgan fingerprint density at radius 1 is 0.973 bits per heavy atom. The lowest BCUT2D eigenvalue weighted by molar-refractivity contribution is 0.130. The Bertz CT molecular complexity index is 1330. The highest BCUT2D eigenvalue weighted by Crippen LogP contribution is 2.44. The number of hydrogen-bond acceptors (Lipinski definition) is 5. The van der Waals surface area contributed by atoms with Crippen molar-refractivity contribution in [3.8, 4) is 16.9 Å². The summed E-state index contributed by atoms with van der Waals surface area (Å²) in [4.78, 5) is 22.4. The maximum Gasteiger partial charge on any atom is 0.411 e. The summed E-state index contributed by atoms with van der Waals surface area (Å²) in [5.41, 5.74) is 7.66. The predicted octanol–water partition coefficient (Wildman–Crippen LogP) is 6.54. The molecule has 1 amide bonds. The molecule has 2 aliphatic heterocycles. The summed E-state index contributed by atoms with van der Waals surface area (Å²) in [7, 11) is 1.71. The van der Waals surface area contributed by atoms with E-state index in [4.69, 9.17) is 14.5 Å². The zero-order chi connectivity index (χ0) is 25.7. The minimum absolute atomic E-state index is 0.115. The Hall–Kier alpha value is -3.54. The number of aryl methyl sites for hydroxylation is 2. The van der Waals surface area contributed by atoms with Crippen LogP contribution in [0.4, 0.5) is 10.6 Å². The number of ether oxygens (including phenoxy) is 2. The van der Waals surface area contributed by atoms with E-state index in [1.807, 2.05) is 4.90 Å². The second-order valence-electron chi connectivity index (χ2n) is 10.8. The first kappa shape index (κ1) is 23.8. The van der Waals surface area contributed by atoms with E-state index in [-0.39, 0.29) is 18.2 Å². The van der Waals surface area contributed by atoms with Crippen LogP contribution in [0, 0.1) is 13.8 Å². The number of nitrogens with zero attached hydrogens (tertiary/aromatic N) is 3. The SMILES string of the molecule is COc1ccc(C2CC2)cc1-c1ccc(N2CCC2)nc1CN1C(=O)OC(c2cc(C)cc(C)c2)C1C. The van der Waals surface area contributed by atoms with E-state index in [1.165, 1.54) is 36.0 Å². The molecule has 3 heterocycles. The molecule has 0 bridgehead atoms. The van der Waals surface area contributed by atoms with E-state index in [1.54, 1.807) is 7.11 Å². The van der Waals surface area contributed by atoms with Crippen LogP contribution in [0.15, 0.2) is 48.5 Å². The average Bonchev–Trinajstić information content (AvgIpc) is 3.65. The van der Waals surface area contributed by atoms with Gasteiger partial charge in [-0.2, -0.15) is 0 Å². The summed E-state index contributed by atoms with van der Waals surface area (Å²) >= 11 is 0. The van der Waals surface area contributed by atoms with Crippen LogP contribution in [0.5, 0.6) is 5.75 Å². The molecule has 2 saturated heterocycles. The minimum Gasteiger partial charge on any atom is -0.496 e. The van der Waals surface area contributed by atoms with E-state index < -0.39 is 0 Å². The fourth-order valence-corrected chi connectivity index (χ4v) is 5.68. The molecule has 2 atom stereocenters. The Kier molecular flexibility index (Phi) is 6.06. The molecule has 0 N–H and O–H groups in total. The minimum atomic E-state index is -0.305. The molecule has 1 aromatic heterocycles. The summed E-state index contributed by atoms with van der Waals surface area (Å²) in [5.74, 6) is 2.43. The molecule has 3 aromatic rings. The van der Waals surface area contributed by atoms with E-state index in [0.717, 1.165) is 47.0 Å². The fourth-order valence-electron chi connectivity index (χ4n) is 5.68. The highest BCUT2D eigenvalue weighted by Gasteiger charge is 2.40. The van der Waals surface area contributed by atoms with Crippen molar-refractivity contribution in [2.75, 3.05) is 25.1 Å². The summed E-state index contributed by atoms with van der Waals surface area (Å²) in [6.45, 7) is 8.65. The van der Waals surface area contributed by atoms with E-state index in [9.17, 15) is 4.79 Å². The van der Waals surface area contributed by atoms with Gasteiger partial charge in [-0.1, -0.05) is 35.4 Å². The molecule has 1 saturated carbocycles. The molecule has 6 nitrogen and oxygen atoms in total. The van der Waals surface area contributed by atoms with Gasteiger partial charge in [-0.3, -0.25) is 4.90 Å². The molecule has 3 aliphatic rings. The third kappa shape index (κ3) is 4.54. The first-order valence-electron chi connectivity index (χ1n) is 13.4. The molecule has 2 unspecified atom stereocenters. The van der Waals surface area contributed by atoms with Crippen LogP contribution < -0.4 is 9.64 Å². The Morgan fingerprint density at radius 3 is 2.38 bits per heavy atom. The van der Waals surface area contributed by atoms with E-state index >= 15 is 0 Å². The van der Waals surface area contributed by atoms with Crippen molar-refractivity contribution in [1.82, 2.24) is 9.88 Å². The molecule has 3 fully saturated rings. The zero-order valence-corrected chi connectivity index (χ0v) is 22.2. The number of cyclic esters (lactones) is 1. The highest BCUT2D eigenvalue weighted by molar-refractivity contribution is 5.76. The van der Waals surface area contributed by atoms with Crippen molar-refractivity contribution in [1.29, 1.82) is 0 Å². The van der Waals surface area contributed by atoms with Gasteiger partial charge in [0.05, 0.1) is 25.4 Å². The Morgan fingerprint density at radius 2 is 1.73 bits per heavy atom. The summed E-state index contributed by atoms with van der Waals surface area (Å²) in [6.07, 6.45) is 3.06. The van der Waals surface area contributed by atoms with Crippen LogP contribution in [-0.4, -0.2) is 42.2 Å². The Labute approximate surface area is 219 Å². The van der Waals surface area contributed by atoms with Gasteiger partial charge >= 0.3 is 6.09 Å². The van der Waals surface area contributed by atoms with Crippen molar-refractivity contribution in [3.05, 3.63) is 76.5 Å². The van der Waals surface area contributed by atoms with E-state index in [2.05, 4.69) is 74.2 Å². The van der Waals surface area contributed by atoms with Gasteiger partial charge in [-0.25, -0.2) is 9.78 Å². The largest absolute Gasteiger partial charge is 0.496 e. The van der Waals surface area contributed by atoms with Gasteiger partial charge in [-0.15, -0.1) is 0 Å². The maximum atomic E-state index is 13.2. The number of methoxy groups -OCH3 is 1. The van der Waals surface area contributed by atoms with Crippen LogP contribution in [-0.2, 0) is 11.3 Å². The standard InChI is InChI=1S/C31H35N3O3/c1-19-14-20(2)16-24(15-19)30-21(3)34(31(35)37-30)18-27-25(9-11-29(32-27)33-12-5-13-33)26-17-23(22-6-7-22)8-10-28(26)36-4/h8-11,14-17,21-22,30H,5-7,12-13,18H2,1-4H3. The average molecular weight is 498 g/mol. The van der Waals surface area contributed by atoms with Gasteiger partial charge in [0.1, 0.15) is 17.7 Å². The molecular formula is C31H35N3O3. The highest BCUT2D eigenvalue weighted by atomic mass is 16.6. The van der Waals surface area contributed by atoms with Crippen molar-refractivity contribution < 1.29 is 14.3 Å². The summed E-state index contributed by atoms with van der Waals surface area (Å²) < 4.78 is 11.7. The molecule has 1 aliphatic carbocycles. The topological polar surface area (TPSA) is 54.9 Å². The van der Waals surface area contributed by atoms with Crippen molar-refractivity contribution >= 4 is 11.9 Å². The van der Waals surface area contributed by atoms with E-state index in [0.29, 0.717) is 12.5 Å². The monoisotopic (exact) mass is 497 g/mol. The third-order valence-corrected chi connectivity index (χ3v) is 7.99. The number of pyridine rings is 1. The van der Waals surface area contributed by atoms with Crippen LogP contribution in [0.3, 0.4) is 0 Å². The van der Waals surface area contributed by atoms with Gasteiger partial charge in [0.25, 0.3) is 0 Å². The molecule has 2 aromatic carbocycles. The van der Waals surface area contributed by atoms with Crippen LogP contribution in [0.1, 0.15) is 66.2 Å². The maximum absolute atomic E-state index is 13.2. The number of amides is 1. The number of carbonyl (C=O) groups excluding carboxylic acids is 1. The predicted molar refractivity (Wildman–Crippen MR) is 145 cm³/mol. The van der Waals surface area contributed by atoms with Crippen LogP contribution in [0.25, 0.3) is 11.1 Å². The lowest BCUT2D eigenvalue weighted by Crippen LogP contribution is -2.38. The first-order valence-corrected chi connectivity index (χ1v) is 13.4. The number of benzene rings is 2. The molecule has 0 radical (unpaired) electrons. The van der Waals surface area contributed by atoms with Crippen LogP contribution in [0.2, 0.25) is 0 Å². The lowest BCUT2D eigenvalue weighted by atomic mass is 9.97. The lowest BCUT2D eigenvalue weighted by Gasteiger charge is -2.33. The zero-order valence-electron chi connectivity index (χ0n) is 22.2. The van der Waals surface area contributed by atoms with Gasteiger partial charge < -0.3 is 14.4 Å². The number of rotatable bonds is 7. The number of carbonyl (C=O) groups is 1. The van der Waals surface area contributed by atoms with Crippen molar-refractivity contribution in [3.63, 3.8) is 0 Å². The number of aromatic nitrogens is 1. The van der Waals surface area contributed by atoms with Gasteiger partial charge in [-0.05, 0) is 81.3 Å². The fraction of sp³-hybridized carbons (Fsp3) is 0.419. The van der Waals surface area contributed by atoms with Crippen LogP contribution >= 0.6 is 0 Å². The third-order valence-electron chi connectivity index (χ3n) is 7.99. The van der Waals surface area contributed by atoms with Crippen molar-refractivity contribution in [2.24, 2.45) is 0 Å². The quantitative estimate of drug-likeness (QED) is 0.371. The molecule has 6 heteroatoms. The Balaban J connectivity index is 1.37. The number of anilines is 1. The summed E-state index contributed by atoms with van der Waals surface area (Å²) in [6, 6.07) is 17.0. The summed E-state index contributed by atoms with van der Waals surface area (Å²) in [5, 5.41) is 0. The second kappa shape index (κ2) is 9.40. The normalized spacial score (nSPS) is 21.1.